The zero-order chi connectivity index (χ0) is 20.1. The first-order chi connectivity index (χ1) is 13.5. The fourth-order valence-electron chi connectivity index (χ4n) is 2.89. The number of benzene rings is 2. The van der Waals surface area contributed by atoms with Crippen molar-refractivity contribution in [1.82, 2.24) is 10.3 Å². The molecule has 1 aromatic heterocycles. The Morgan fingerprint density at radius 1 is 1.39 bits per heavy atom. The van der Waals surface area contributed by atoms with Crippen molar-refractivity contribution in [1.29, 1.82) is 5.26 Å². The van der Waals surface area contributed by atoms with E-state index in [4.69, 9.17) is 16.3 Å². The van der Waals surface area contributed by atoms with Crippen LogP contribution in [0.3, 0.4) is 0 Å². The molecule has 0 unspecified atom stereocenters. The number of para-hydroxylation sites is 1. The molecule has 0 aliphatic carbocycles. The Morgan fingerprint density at radius 3 is 2.93 bits per heavy atom. The van der Waals surface area contributed by atoms with Gasteiger partial charge in [0.15, 0.2) is 11.5 Å². The Balaban J connectivity index is 1.69. The Bertz CT molecular complexity index is 1100. The summed E-state index contributed by atoms with van der Waals surface area (Å²) in [6.07, 6.45) is 3.95. The number of carbonyl (C=O) groups excluding carboxylic acids is 1. The zero-order valence-electron chi connectivity index (χ0n) is 15.1. The minimum Gasteiger partial charge on any atom is -0.503 e. The predicted molar refractivity (Wildman–Crippen MR) is 108 cm³/mol. The minimum absolute atomic E-state index is 0.0669. The van der Waals surface area contributed by atoms with Crippen LogP contribution in [0.1, 0.15) is 11.1 Å². The second kappa shape index (κ2) is 8.51. The lowest BCUT2D eigenvalue weighted by molar-refractivity contribution is -0.117. The Hall–Kier alpha value is -3.43. The number of carbonyl (C=O) groups is 1. The molecule has 0 saturated carbocycles. The van der Waals surface area contributed by atoms with Crippen molar-refractivity contribution < 1.29 is 14.6 Å². The number of rotatable bonds is 6. The van der Waals surface area contributed by atoms with Gasteiger partial charge in [-0.3, -0.25) is 4.79 Å². The fourth-order valence-corrected chi connectivity index (χ4v) is 3.11. The number of ether oxygens (including phenoxy) is 1. The van der Waals surface area contributed by atoms with Crippen molar-refractivity contribution in [2.75, 3.05) is 13.7 Å². The molecule has 142 valence electrons. The molecule has 0 saturated heterocycles. The summed E-state index contributed by atoms with van der Waals surface area (Å²) < 4.78 is 5.03. The van der Waals surface area contributed by atoms with Crippen LogP contribution in [-0.2, 0) is 11.2 Å². The van der Waals surface area contributed by atoms with Crippen LogP contribution in [0.25, 0.3) is 17.0 Å². The van der Waals surface area contributed by atoms with E-state index in [0.717, 1.165) is 16.5 Å². The van der Waals surface area contributed by atoms with Crippen molar-refractivity contribution in [3.63, 3.8) is 0 Å². The van der Waals surface area contributed by atoms with Gasteiger partial charge < -0.3 is 20.1 Å². The van der Waals surface area contributed by atoms with E-state index in [9.17, 15) is 15.2 Å². The van der Waals surface area contributed by atoms with E-state index >= 15 is 0 Å². The molecule has 0 atom stereocenters. The number of H-pyrrole nitrogens is 1. The van der Waals surface area contributed by atoms with Crippen LogP contribution >= 0.6 is 11.6 Å². The summed E-state index contributed by atoms with van der Waals surface area (Å²) in [5.41, 5.74) is 2.54. The number of hydrogen-bond acceptors (Lipinski definition) is 4. The third-order valence-corrected chi connectivity index (χ3v) is 4.59. The number of hydrogen-bond donors (Lipinski definition) is 3. The summed E-state index contributed by atoms with van der Waals surface area (Å²) in [5.74, 6) is -0.510. The summed E-state index contributed by atoms with van der Waals surface area (Å²) in [7, 11) is 1.39. The number of aromatic hydroxyl groups is 1. The molecule has 3 N–H and O–H groups in total. The largest absolute Gasteiger partial charge is 0.503 e. The van der Waals surface area contributed by atoms with Crippen LogP contribution in [0.2, 0.25) is 5.02 Å². The highest BCUT2D eigenvalue weighted by Crippen LogP contribution is 2.35. The third-order valence-electron chi connectivity index (χ3n) is 4.30. The van der Waals surface area contributed by atoms with Gasteiger partial charge >= 0.3 is 0 Å². The molecule has 0 fully saturated rings. The minimum atomic E-state index is -0.481. The van der Waals surface area contributed by atoms with Crippen LogP contribution in [-0.4, -0.2) is 29.7 Å². The van der Waals surface area contributed by atoms with Crippen LogP contribution in [0.15, 0.2) is 48.2 Å². The van der Waals surface area contributed by atoms with Crippen molar-refractivity contribution >= 4 is 34.5 Å². The average molecular weight is 396 g/mol. The van der Waals surface area contributed by atoms with Crippen LogP contribution < -0.4 is 10.1 Å². The lowest BCUT2D eigenvalue weighted by Crippen LogP contribution is -2.26. The number of nitriles is 1. The molecule has 0 aliphatic rings. The number of aromatic nitrogens is 1. The molecule has 3 rings (SSSR count). The standard InChI is InChI=1S/C21H18ClN3O3/c1-28-19-10-13(9-17(22)20(19)26)8-15(11-23)21(27)24-7-6-14-12-25-18-5-3-2-4-16(14)18/h2-5,8-10,12,25-26H,6-7H2,1H3,(H,24,27). The van der Waals surface area contributed by atoms with Gasteiger partial charge in [-0.25, -0.2) is 0 Å². The highest BCUT2D eigenvalue weighted by atomic mass is 35.5. The second-order valence-electron chi connectivity index (χ2n) is 6.09. The molecule has 1 heterocycles. The lowest BCUT2D eigenvalue weighted by atomic mass is 10.1. The monoisotopic (exact) mass is 395 g/mol. The molecule has 3 aromatic rings. The highest BCUT2D eigenvalue weighted by Gasteiger charge is 2.12. The molecule has 0 bridgehead atoms. The fraction of sp³-hybridized carbons (Fsp3) is 0.143. The second-order valence-corrected chi connectivity index (χ2v) is 6.50. The van der Waals surface area contributed by atoms with E-state index in [1.54, 1.807) is 0 Å². The number of halogens is 1. The quantitative estimate of drug-likeness (QED) is 0.436. The van der Waals surface area contributed by atoms with Crippen molar-refractivity contribution in [2.45, 2.75) is 6.42 Å². The van der Waals surface area contributed by atoms with Gasteiger partial charge in [0, 0.05) is 23.6 Å². The van der Waals surface area contributed by atoms with E-state index in [1.807, 2.05) is 36.5 Å². The number of nitrogens with one attached hydrogen (secondary N) is 2. The summed E-state index contributed by atoms with van der Waals surface area (Å²) in [4.78, 5) is 15.5. The number of phenolic OH excluding ortho intramolecular Hbond substituents is 1. The van der Waals surface area contributed by atoms with E-state index in [0.29, 0.717) is 18.5 Å². The van der Waals surface area contributed by atoms with Crippen LogP contribution in [0.4, 0.5) is 0 Å². The first-order valence-corrected chi connectivity index (χ1v) is 8.92. The van der Waals surface area contributed by atoms with E-state index in [-0.39, 0.29) is 22.1 Å². The molecule has 2 aromatic carbocycles. The number of amides is 1. The number of methoxy groups -OCH3 is 1. The molecule has 28 heavy (non-hydrogen) atoms. The van der Waals surface area contributed by atoms with Gasteiger partial charge in [-0.2, -0.15) is 5.26 Å². The number of fused-ring (bicyclic) bond motifs is 1. The zero-order valence-corrected chi connectivity index (χ0v) is 15.9. The molecular formula is C21H18ClN3O3. The molecule has 1 amide bonds. The van der Waals surface area contributed by atoms with E-state index in [1.165, 1.54) is 25.3 Å². The van der Waals surface area contributed by atoms with Crippen LogP contribution in [0.5, 0.6) is 11.5 Å². The maximum absolute atomic E-state index is 12.4. The predicted octanol–water partition coefficient (Wildman–Crippen LogP) is 3.80. The average Bonchev–Trinajstić information content (AvgIpc) is 3.11. The summed E-state index contributed by atoms with van der Waals surface area (Å²) in [5, 5.41) is 23.1. The number of nitrogens with zero attached hydrogens (tertiary/aromatic N) is 1. The lowest BCUT2D eigenvalue weighted by Gasteiger charge is -2.07. The molecule has 0 aliphatic heterocycles. The SMILES string of the molecule is COc1cc(C=C(C#N)C(=O)NCCc2c[nH]c3ccccc23)cc(Cl)c1O. The first-order valence-electron chi connectivity index (χ1n) is 8.55. The molecule has 6 nitrogen and oxygen atoms in total. The maximum Gasteiger partial charge on any atom is 0.261 e. The van der Waals surface area contributed by atoms with Crippen molar-refractivity contribution in [3.8, 4) is 17.6 Å². The van der Waals surface area contributed by atoms with Gasteiger partial charge in [0.25, 0.3) is 5.91 Å². The van der Waals surface area contributed by atoms with Gasteiger partial charge in [0.2, 0.25) is 0 Å². The normalized spacial score (nSPS) is 11.2. The van der Waals surface area contributed by atoms with Gasteiger partial charge in [0.1, 0.15) is 11.6 Å². The molecular weight excluding hydrogens is 378 g/mol. The Labute approximate surface area is 167 Å². The van der Waals surface area contributed by atoms with Crippen molar-refractivity contribution in [3.05, 3.63) is 64.3 Å². The molecule has 0 radical (unpaired) electrons. The van der Waals surface area contributed by atoms with Crippen molar-refractivity contribution in [2.24, 2.45) is 0 Å². The smallest absolute Gasteiger partial charge is 0.261 e. The third kappa shape index (κ3) is 4.11. The van der Waals surface area contributed by atoms with E-state index < -0.39 is 5.91 Å². The summed E-state index contributed by atoms with van der Waals surface area (Å²) in [6, 6.07) is 12.8. The van der Waals surface area contributed by atoms with Gasteiger partial charge in [-0.1, -0.05) is 29.8 Å². The number of aromatic amines is 1. The van der Waals surface area contributed by atoms with Gasteiger partial charge in [-0.05, 0) is 41.8 Å². The van der Waals surface area contributed by atoms with Crippen LogP contribution in [0, 0.1) is 11.3 Å². The molecule has 0 spiro atoms. The maximum atomic E-state index is 12.4. The van der Waals surface area contributed by atoms with Gasteiger partial charge in [0.05, 0.1) is 12.1 Å². The Kier molecular flexibility index (Phi) is 5.87. The number of phenols is 1. The molecule has 7 heteroatoms. The summed E-state index contributed by atoms with van der Waals surface area (Å²) >= 11 is 5.95. The first kappa shape index (κ1) is 19.3. The topological polar surface area (TPSA) is 98.1 Å². The summed E-state index contributed by atoms with van der Waals surface area (Å²) in [6.45, 7) is 0.388. The highest BCUT2D eigenvalue weighted by molar-refractivity contribution is 6.32. The Morgan fingerprint density at radius 2 is 2.18 bits per heavy atom. The van der Waals surface area contributed by atoms with E-state index in [2.05, 4.69) is 10.3 Å². The van der Waals surface area contributed by atoms with Gasteiger partial charge in [-0.15, -0.1) is 0 Å².